The van der Waals surface area contributed by atoms with E-state index in [1.807, 2.05) is 62.4 Å². The van der Waals surface area contributed by atoms with E-state index in [-0.39, 0.29) is 12.3 Å². The highest BCUT2D eigenvalue weighted by Crippen LogP contribution is 2.34. The number of nitrogens with zero attached hydrogens (tertiary/aromatic N) is 3. The highest BCUT2D eigenvalue weighted by molar-refractivity contribution is 9.10. The van der Waals surface area contributed by atoms with Crippen LogP contribution in [0.4, 0.5) is 5.69 Å². The van der Waals surface area contributed by atoms with Crippen molar-refractivity contribution in [3.8, 4) is 17.2 Å². The van der Waals surface area contributed by atoms with Gasteiger partial charge in [-0.3, -0.25) is 4.79 Å². The predicted octanol–water partition coefficient (Wildman–Crippen LogP) is 6.18. The molecule has 4 rings (SSSR count). The van der Waals surface area contributed by atoms with E-state index in [9.17, 15) is 4.79 Å². The minimum Gasteiger partial charge on any atom is -0.497 e. The van der Waals surface area contributed by atoms with Gasteiger partial charge in [-0.2, -0.15) is 0 Å². The molecule has 0 bridgehead atoms. The Hall–Kier alpha value is -2.71. The average Bonchev–Trinajstić information content (AvgIpc) is 3.14. The minimum absolute atomic E-state index is 0.0873. The van der Waals surface area contributed by atoms with Crippen molar-refractivity contribution in [3.05, 3.63) is 70.0 Å². The zero-order valence-corrected chi connectivity index (χ0v) is 22.2. The Labute approximate surface area is 213 Å². The quantitative estimate of drug-likeness (QED) is 0.334. The molecule has 0 aliphatic carbocycles. The summed E-state index contributed by atoms with van der Waals surface area (Å²) in [5, 5.41) is 0.827. The molecule has 8 heteroatoms. The number of aromatic nitrogens is 1. The van der Waals surface area contributed by atoms with Crippen molar-refractivity contribution in [2.24, 2.45) is 4.99 Å². The molecule has 1 aromatic heterocycles. The number of rotatable bonds is 7. The summed E-state index contributed by atoms with van der Waals surface area (Å²) in [6.45, 7) is 5.10. The molecule has 0 atom stereocenters. The van der Waals surface area contributed by atoms with Gasteiger partial charge in [0.25, 0.3) is 0 Å². The number of halogens is 1. The minimum atomic E-state index is 0.0873. The average molecular weight is 542 g/mol. The van der Waals surface area contributed by atoms with Crippen LogP contribution in [0.15, 0.2) is 58.0 Å². The van der Waals surface area contributed by atoms with Crippen LogP contribution in [0.1, 0.15) is 28.2 Å². The van der Waals surface area contributed by atoms with Crippen molar-refractivity contribution in [2.45, 2.75) is 20.3 Å². The van der Waals surface area contributed by atoms with Crippen LogP contribution in [0, 0.1) is 13.8 Å². The van der Waals surface area contributed by atoms with E-state index in [0.717, 1.165) is 51.0 Å². The van der Waals surface area contributed by atoms with Gasteiger partial charge in [0.1, 0.15) is 17.2 Å². The molecule has 0 unspecified atom stereocenters. The summed E-state index contributed by atoms with van der Waals surface area (Å²) in [6, 6.07) is 15.6. The van der Waals surface area contributed by atoms with E-state index in [0.29, 0.717) is 17.2 Å². The maximum absolute atomic E-state index is 13.4. The number of ketones is 1. The van der Waals surface area contributed by atoms with Crippen LogP contribution in [0.3, 0.4) is 0 Å². The summed E-state index contributed by atoms with van der Waals surface area (Å²) in [5.41, 5.74) is 4.46. The lowest BCUT2D eigenvalue weighted by Crippen LogP contribution is -2.38. The monoisotopic (exact) mass is 541 g/mol. The Morgan fingerprint density at radius 3 is 2.56 bits per heavy atom. The van der Waals surface area contributed by atoms with E-state index in [4.69, 9.17) is 14.5 Å². The van der Waals surface area contributed by atoms with Gasteiger partial charge in [-0.05, 0) is 62.7 Å². The third kappa shape index (κ3) is 5.18. The number of hydrogen-bond donors (Lipinski definition) is 0. The number of aliphatic imine (C=N–C) groups is 1. The molecule has 34 heavy (non-hydrogen) atoms. The van der Waals surface area contributed by atoms with Crippen LogP contribution in [0.5, 0.6) is 11.5 Å². The Balaban J connectivity index is 1.61. The van der Waals surface area contributed by atoms with Gasteiger partial charge in [0.05, 0.1) is 20.8 Å². The number of methoxy groups -OCH3 is 2. The number of amidine groups is 1. The molecule has 3 aromatic rings. The number of Topliss-reactive ketones (excluding diaryl/α,β-unsaturated/α-hetero) is 1. The number of thioether (sulfide) groups is 1. The molecule has 1 fully saturated rings. The van der Waals surface area contributed by atoms with Crippen LogP contribution in [0.25, 0.3) is 5.69 Å². The lowest BCUT2D eigenvalue weighted by Gasteiger charge is -2.29. The van der Waals surface area contributed by atoms with Crippen LogP contribution in [-0.2, 0) is 0 Å². The summed E-state index contributed by atoms with van der Waals surface area (Å²) in [5.74, 6) is 2.44. The second-order valence-corrected chi connectivity index (χ2v) is 10.1. The van der Waals surface area contributed by atoms with Crippen molar-refractivity contribution < 1.29 is 14.3 Å². The van der Waals surface area contributed by atoms with Gasteiger partial charge in [0.2, 0.25) is 0 Å². The van der Waals surface area contributed by atoms with E-state index in [2.05, 4.69) is 25.4 Å². The van der Waals surface area contributed by atoms with Crippen LogP contribution < -0.4 is 9.47 Å². The summed E-state index contributed by atoms with van der Waals surface area (Å²) >= 11 is 5.15. The maximum atomic E-state index is 13.4. The molecule has 0 spiro atoms. The van der Waals surface area contributed by atoms with Crippen molar-refractivity contribution in [3.63, 3.8) is 0 Å². The summed E-state index contributed by atoms with van der Waals surface area (Å²) in [7, 11) is 3.26. The highest BCUT2D eigenvalue weighted by atomic mass is 79.9. The summed E-state index contributed by atoms with van der Waals surface area (Å²) in [4.78, 5) is 20.4. The molecule has 0 saturated carbocycles. The Bertz CT molecular complexity index is 1220. The second-order valence-electron chi connectivity index (χ2n) is 8.08. The van der Waals surface area contributed by atoms with Crippen molar-refractivity contribution in [1.82, 2.24) is 9.47 Å². The molecular weight excluding hydrogens is 514 g/mol. The second kappa shape index (κ2) is 10.7. The molecule has 2 heterocycles. The first kappa shape index (κ1) is 24.4. The van der Waals surface area contributed by atoms with Crippen molar-refractivity contribution >= 4 is 44.3 Å². The smallest absolute Gasteiger partial charge is 0.183 e. The first-order valence-corrected chi connectivity index (χ1v) is 12.9. The topological polar surface area (TPSA) is 56.1 Å². The molecule has 2 aromatic carbocycles. The Morgan fingerprint density at radius 2 is 1.85 bits per heavy atom. The van der Waals surface area contributed by atoms with Gasteiger partial charge in [-0.1, -0.05) is 27.7 Å². The normalized spacial score (nSPS) is 15.0. The molecule has 1 aliphatic heterocycles. The van der Waals surface area contributed by atoms with Gasteiger partial charge >= 0.3 is 0 Å². The summed E-state index contributed by atoms with van der Waals surface area (Å²) in [6.07, 6.45) is 1.00. The number of carbonyl (C=O) groups excluding carboxylic acids is 1. The Morgan fingerprint density at radius 1 is 1.09 bits per heavy atom. The van der Waals surface area contributed by atoms with Gasteiger partial charge in [0, 0.05) is 45.5 Å². The van der Waals surface area contributed by atoms with Gasteiger partial charge in [0.15, 0.2) is 11.0 Å². The third-order valence-corrected chi connectivity index (χ3v) is 7.46. The molecule has 1 saturated heterocycles. The fourth-order valence-electron chi connectivity index (χ4n) is 4.13. The third-order valence-electron chi connectivity index (χ3n) is 5.83. The van der Waals surface area contributed by atoms with E-state index in [1.165, 1.54) is 0 Å². The van der Waals surface area contributed by atoms with Crippen LogP contribution in [-0.4, -0.2) is 53.5 Å². The SMILES string of the molecule is COc1ccc(OC)c(N=C2SCCCN2CC(=O)c2cc(C)n(-c3ccc(Br)cc3)c2C)c1. The van der Waals surface area contributed by atoms with E-state index >= 15 is 0 Å². The Kier molecular flexibility index (Phi) is 7.68. The zero-order chi connectivity index (χ0) is 24.2. The number of carbonyl (C=O) groups is 1. The number of ether oxygens (including phenoxy) is 2. The van der Waals surface area contributed by atoms with Crippen molar-refractivity contribution in [1.29, 1.82) is 0 Å². The fourth-order valence-corrected chi connectivity index (χ4v) is 5.36. The number of benzene rings is 2. The van der Waals surface area contributed by atoms with Gasteiger partial charge in [-0.25, -0.2) is 4.99 Å². The molecule has 0 N–H and O–H groups in total. The molecule has 6 nitrogen and oxygen atoms in total. The maximum Gasteiger partial charge on any atom is 0.183 e. The zero-order valence-electron chi connectivity index (χ0n) is 19.8. The van der Waals surface area contributed by atoms with Gasteiger partial charge < -0.3 is 18.9 Å². The van der Waals surface area contributed by atoms with Crippen LogP contribution in [0.2, 0.25) is 0 Å². The largest absolute Gasteiger partial charge is 0.497 e. The highest BCUT2D eigenvalue weighted by Gasteiger charge is 2.24. The van der Waals surface area contributed by atoms with Crippen molar-refractivity contribution in [2.75, 3.05) is 33.1 Å². The molecule has 0 amide bonds. The first-order valence-electron chi connectivity index (χ1n) is 11.1. The molecule has 0 radical (unpaired) electrons. The number of hydrogen-bond acceptors (Lipinski definition) is 5. The lowest BCUT2D eigenvalue weighted by atomic mass is 10.1. The number of aryl methyl sites for hydroxylation is 1. The lowest BCUT2D eigenvalue weighted by molar-refractivity contribution is 0.0963. The van der Waals surface area contributed by atoms with Crippen LogP contribution >= 0.6 is 27.7 Å². The van der Waals surface area contributed by atoms with E-state index < -0.39 is 0 Å². The predicted molar refractivity (Wildman–Crippen MR) is 143 cm³/mol. The molecule has 178 valence electrons. The first-order chi connectivity index (χ1) is 16.4. The summed E-state index contributed by atoms with van der Waals surface area (Å²) < 4.78 is 14.0. The van der Waals surface area contributed by atoms with E-state index in [1.54, 1.807) is 26.0 Å². The molecule has 1 aliphatic rings. The fraction of sp³-hybridized carbons (Fsp3) is 0.308. The van der Waals surface area contributed by atoms with Gasteiger partial charge in [-0.15, -0.1) is 0 Å². The molecular formula is C26H28BrN3O3S. The standard InChI is InChI=1S/C26H28BrN3O3S/c1-17-14-22(18(2)30(17)20-8-6-19(27)7-9-20)24(31)16-29-12-5-13-34-26(29)28-23-15-21(32-3)10-11-25(23)33-4/h6-11,14-15H,5,12-13,16H2,1-4H3.